The number of piperidine rings is 1. The van der Waals surface area contributed by atoms with E-state index < -0.39 is 0 Å². The van der Waals surface area contributed by atoms with Crippen molar-refractivity contribution in [2.75, 3.05) is 39.8 Å². The average Bonchev–Trinajstić information content (AvgIpc) is 3.54. The lowest BCUT2D eigenvalue weighted by Gasteiger charge is -2.36. The number of hydrogen-bond acceptors (Lipinski definition) is 6. The third-order valence-electron chi connectivity index (χ3n) is 11.0. The van der Waals surface area contributed by atoms with Gasteiger partial charge in [-0.25, -0.2) is 0 Å². The van der Waals surface area contributed by atoms with E-state index in [1.54, 1.807) is 7.11 Å². The second kappa shape index (κ2) is 16.6. The van der Waals surface area contributed by atoms with Gasteiger partial charge in [0.05, 0.1) is 7.11 Å². The van der Waals surface area contributed by atoms with Crippen molar-refractivity contribution in [2.24, 2.45) is 17.8 Å². The smallest absolute Gasteiger partial charge is 0.323 e. The molecule has 3 fully saturated rings. The summed E-state index contributed by atoms with van der Waals surface area (Å²) in [6, 6.07) is 28.3. The standard InChI is InChI=1S/C41H52N2O4/c1-46-37-20-17-32(18-21-37)30-47-41(45)40(35-15-9-4-10-16-35)43-28-36(38(29-43)33-11-5-2-6-12-33)27-42-25-23-31(24-26-42)19-22-39(44)34-13-7-3-8-14-34/h2-3,5-8,11-14,17-18,20-21,31,35-36,38,40H,4,9-10,15-16,19,22-30H2,1H3/t36-,38+,40+/m0/s1. The number of carbonyl (C=O) groups excluding carboxylic acids is 2. The van der Waals surface area contributed by atoms with E-state index in [2.05, 4.69) is 40.1 Å². The zero-order valence-corrected chi connectivity index (χ0v) is 28.1. The van der Waals surface area contributed by atoms with Gasteiger partial charge in [0.15, 0.2) is 5.78 Å². The number of esters is 1. The number of ketones is 1. The van der Waals surface area contributed by atoms with Crippen LogP contribution in [0.1, 0.15) is 85.2 Å². The van der Waals surface area contributed by atoms with E-state index in [0.717, 1.165) is 81.7 Å². The number of nitrogens with zero attached hydrogens (tertiary/aromatic N) is 2. The molecule has 3 aliphatic rings. The van der Waals surface area contributed by atoms with Gasteiger partial charge in [0.25, 0.3) is 0 Å². The summed E-state index contributed by atoms with van der Waals surface area (Å²) in [6.45, 7) is 5.31. The Bertz CT molecular complexity index is 1400. The molecule has 2 heterocycles. The maximum Gasteiger partial charge on any atom is 0.323 e. The van der Waals surface area contributed by atoms with Gasteiger partial charge < -0.3 is 14.4 Å². The van der Waals surface area contributed by atoms with Crippen LogP contribution in [-0.4, -0.2) is 67.4 Å². The van der Waals surface area contributed by atoms with Crippen LogP contribution < -0.4 is 4.74 Å². The number of carbonyl (C=O) groups is 2. The van der Waals surface area contributed by atoms with Crippen LogP contribution in [0.3, 0.4) is 0 Å². The van der Waals surface area contributed by atoms with Gasteiger partial charge in [-0.15, -0.1) is 0 Å². The van der Waals surface area contributed by atoms with E-state index in [0.29, 0.717) is 30.1 Å². The average molecular weight is 637 g/mol. The Morgan fingerprint density at radius 1 is 0.809 bits per heavy atom. The molecule has 3 aromatic carbocycles. The summed E-state index contributed by atoms with van der Waals surface area (Å²) in [4.78, 5) is 31.8. The predicted molar refractivity (Wildman–Crippen MR) is 187 cm³/mol. The third-order valence-corrected chi connectivity index (χ3v) is 11.0. The van der Waals surface area contributed by atoms with E-state index in [1.165, 1.54) is 24.8 Å². The van der Waals surface area contributed by atoms with Gasteiger partial charge in [-0.05, 0) is 86.2 Å². The molecule has 1 saturated carbocycles. The summed E-state index contributed by atoms with van der Waals surface area (Å²) in [5, 5.41) is 0. The van der Waals surface area contributed by atoms with Crippen molar-refractivity contribution in [3.8, 4) is 5.75 Å². The molecule has 0 bridgehead atoms. The van der Waals surface area contributed by atoms with E-state index in [4.69, 9.17) is 9.47 Å². The molecule has 6 nitrogen and oxygen atoms in total. The molecule has 3 aromatic rings. The summed E-state index contributed by atoms with van der Waals surface area (Å²) in [5.74, 6) is 2.80. The zero-order chi connectivity index (χ0) is 32.4. The summed E-state index contributed by atoms with van der Waals surface area (Å²) >= 11 is 0. The second-order valence-corrected chi connectivity index (χ2v) is 14.1. The highest BCUT2D eigenvalue weighted by Crippen LogP contribution is 2.39. The number of Topliss-reactive ketones (excluding diaryl/α,β-unsaturated/α-hetero) is 1. The molecule has 6 heteroatoms. The van der Waals surface area contributed by atoms with E-state index in [9.17, 15) is 9.59 Å². The van der Waals surface area contributed by atoms with Crippen LogP contribution >= 0.6 is 0 Å². The Hall–Kier alpha value is -3.48. The van der Waals surface area contributed by atoms with E-state index in [-0.39, 0.29) is 24.4 Å². The van der Waals surface area contributed by atoms with Crippen molar-refractivity contribution in [1.29, 1.82) is 0 Å². The van der Waals surface area contributed by atoms with Gasteiger partial charge in [-0.2, -0.15) is 0 Å². The summed E-state index contributed by atoms with van der Waals surface area (Å²) in [5.41, 5.74) is 3.19. The molecule has 47 heavy (non-hydrogen) atoms. The number of benzene rings is 3. The fraction of sp³-hybridized carbons (Fsp3) is 0.512. The summed E-state index contributed by atoms with van der Waals surface area (Å²) in [7, 11) is 1.66. The monoisotopic (exact) mass is 636 g/mol. The summed E-state index contributed by atoms with van der Waals surface area (Å²) in [6.07, 6.45) is 9.76. The minimum atomic E-state index is -0.197. The molecule has 2 saturated heterocycles. The van der Waals surface area contributed by atoms with Crippen molar-refractivity contribution in [3.63, 3.8) is 0 Å². The molecule has 250 valence electrons. The predicted octanol–water partition coefficient (Wildman–Crippen LogP) is 7.78. The Kier molecular flexibility index (Phi) is 11.8. The largest absolute Gasteiger partial charge is 0.497 e. The fourth-order valence-electron chi connectivity index (χ4n) is 8.34. The topological polar surface area (TPSA) is 59.1 Å². The van der Waals surface area contributed by atoms with Crippen LogP contribution in [0.2, 0.25) is 0 Å². The number of likely N-dealkylation sites (tertiary alicyclic amines) is 2. The molecule has 1 aliphatic carbocycles. The van der Waals surface area contributed by atoms with Gasteiger partial charge in [-0.3, -0.25) is 14.5 Å². The molecule has 0 spiro atoms. The molecular formula is C41H52N2O4. The molecule has 0 unspecified atom stereocenters. The first kappa shape index (κ1) is 33.4. The van der Waals surface area contributed by atoms with Crippen molar-refractivity contribution >= 4 is 11.8 Å². The number of ether oxygens (including phenoxy) is 2. The first-order valence-corrected chi connectivity index (χ1v) is 18.0. The van der Waals surface area contributed by atoms with Crippen LogP contribution in [0, 0.1) is 17.8 Å². The van der Waals surface area contributed by atoms with Crippen LogP contribution in [0.15, 0.2) is 84.9 Å². The Morgan fingerprint density at radius 3 is 2.17 bits per heavy atom. The highest BCUT2D eigenvalue weighted by Gasteiger charge is 2.44. The molecular weight excluding hydrogens is 584 g/mol. The van der Waals surface area contributed by atoms with E-state index in [1.807, 2.05) is 54.6 Å². The lowest BCUT2D eigenvalue weighted by molar-refractivity contribution is -0.154. The Labute approximate surface area is 281 Å². The fourth-order valence-corrected chi connectivity index (χ4v) is 8.34. The van der Waals surface area contributed by atoms with Crippen LogP contribution in [0.4, 0.5) is 0 Å². The van der Waals surface area contributed by atoms with Crippen LogP contribution in [0.5, 0.6) is 5.75 Å². The first-order valence-electron chi connectivity index (χ1n) is 18.0. The summed E-state index contributed by atoms with van der Waals surface area (Å²) < 4.78 is 11.4. The first-order chi connectivity index (χ1) is 23.1. The highest BCUT2D eigenvalue weighted by atomic mass is 16.5. The quantitative estimate of drug-likeness (QED) is 0.141. The van der Waals surface area contributed by atoms with Gasteiger partial charge in [-0.1, -0.05) is 92.1 Å². The van der Waals surface area contributed by atoms with Crippen molar-refractivity contribution < 1.29 is 19.1 Å². The SMILES string of the molecule is COc1ccc(COC(=O)[C@@H](C2CCCCC2)N2C[C@H](CN3CCC(CCC(=O)c4ccccc4)CC3)[C@@H](c3ccccc3)C2)cc1. The van der Waals surface area contributed by atoms with Crippen LogP contribution in [0.25, 0.3) is 0 Å². The van der Waals surface area contributed by atoms with Crippen molar-refractivity contribution in [1.82, 2.24) is 9.80 Å². The lowest BCUT2D eigenvalue weighted by Crippen LogP contribution is -2.47. The molecule has 0 radical (unpaired) electrons. The molecule has 0 aromatic heterocycles. The van der Waals surface area contributed by atoms with Crippen molar-refractivity contribution in [3.05, 3.63) is 102 Å². The number of methoxy groups -OCH3 is 1. The third kappa shape index (κ3) is 8.91. The number of rotatable bonds is 13. The zero-order valence-electron chi connectivity index (χ0n) is 28.1. The molecule has 3 atom stereocenters. The van der Waals surface area contributed by atoms with Crippen LogP contribution in [-0.2, 0) is 16.1 Å². The maximum absolute atomic E-state index is 14.0. The Balaban J connectivity index is 1.10. The van der Waals surface area contributed by atoms with Gasteiger partial charge in [0.1, 0.15) is 18.4 Å². The van der Waals surface area contributed by atoms with Gasteiger partial charge >= 0.3 is 5.97 Å². The van der Waals surface area contributed by atoms with Gasteiger partial charge in [0.2, 0.25) is 0 Å². The maximum atomic E-state index is 14.0. The normalized spacial score (nSPS) is 22.1. The molecule has 0 amide bonds. The van der Waals surface area contributed by atoms with E-state index >= 15 is 0 Å². The molecule has 6 rings (SSSR count). The molecule has 0 N–H and O–H groups in total. The lowest BCUT2D eigenvalue weighted by atomic mass is 9.83. The van der Waals surface area contributed by atoms with Crippen molar-refractivity contribution in [2.45, 2.75) is 76.4 Å². The second-order valence-electron chi connectivity index (χ2n) is 14.1. The Morgan fingerprint density at radius 2 is 1.49 bits per heavy atom. The van der Waals surface area contributed by atoms with Gasteiger partial charge in [0, 0.05) is 37.5 Å². The molecule has 2 aliphatic heterocycles. The number of hydrogen-bond donors (Lipinski definition) is 0. The minimum Gasteiger partial charge on any atom is -0.497 e. The minimum absolute atomic E-state index is 0.0638. The highest BCUT2D eigenvalue weighted by molar-refractivity contribution is 5.95.